The molecule has 0 bridgehead atoms. The van der Waals surface area contributed by atoms with E-state index >= 15 is 0 Å². The molecule has 0 aromatic carbocycles. The molecule has 0 radical (unpaired) electrons. The van der Waals surface area contributed by atoms with Crippen molar-refractivity contribution in [3.63, 3.8) is 0 Å². The minimum Gasteiger partial charge on any atom is -0.464 e. The normalized spacial score (nSPS) is 10.5. The van der Waals surface area contributed by atoms with E-state index in [2.05, 4.69) is 0 Å². The standard InChI is InChI=1S/C13H12N2O2/c1-9(2)15-6-5-10(11(8-14)13(15)16)12-4-3-7-17-12/h3-7,9H,1-2H3. The molecule has 0 spiro atoms. The summed E-state index contributed by atoms with van der Waals surface area (Å²) in [6.07, 6.45) is 3.20. The number of aromatic nitrogens is 1. The van der Waals surface area contributed by atoms with Crippen molar-refractivity contribution in [2.45, 2.75) is 19.9 Å². The molecular weight excluding hydrogens is 216 g/mol. The minimum absolute atomic E-state index is 0.0280. The van der Waals surface area contributed by atoms with Gasteiger partial charge in [0.15, 0.2) is 0 Å². The van der Waals surface area contributed by atoms with Crippen LogP contribution < -0.4 is 5.56 Å². The van der Waals surface area contributed by atoms with Crippen LogP contribution in [0, 0.1) is 11.3 Å². The van der Waals surface area contributed by atoms with Crippen LogP contribution in [0.15, 0.2) is 39.9 Å². The Bertz CT molecular complexity index is 616. The fourth-order valence-corrected chi connectivity index (χ4v) is 1.70. The van der Waals surface area contributed by atoms with Gasteiger partial charge in [-0.2, -0.15) is 5.26 Å². The van der Waals surface area contributed by atoms with Crippen molar-refractivity contribution in [3.8, 4) is 17.4 Å². The Hall–Kier alpha value is -2.28. The smallest absolute Gasteiger partial charge is 0.269 e. The second kappa shape index (κ2) is 4.30. The molecule has 0 aliphatic heterocycles. The fraction of sp³-hybridized carbons (Fsp3) is 0.231. The third kappa shape index (κ3) is 1.87. The van der Waals surface area contributed by atoms with Gasteiger partial charge in [0.1, 0.15) is 17.4 Å². The van der Waals surface area contributed by atoms with Gasteiger partial charge in [-0.05, 0) is 32.0 Å². The van der Waals surface area contributed by atoms with E-state index in [4.69, 9.17) is 9.68 Å². The summed E-state index contributed by atoms with van der Waals surface area (Å²) in [4.78, 5) is 12.1. The Morgan fingerprint density at radius 2 is 2.18 bits per heavy atom. The number of hydrogen-bond donors (Lipinski definition) is 0. The molecule has 2 aromatic heterocycles. The average Bonchev–Trinajstić information content (AvgIpc) is 2.81. The SMILES string of the molecule is CC(C)n1ccc(-c2ccco2)c(C#N)c1=O. The minimum atomic E-state index is -0.281. The molecule has 86 valence electrons. The lowest BCUT2D eigenvalue weighted by atomic mass is 10.1. The molecule has 0 amide bonds. The molecule has 2 aromatic rings. The fourth-order valence-electron chi connectivity index (χ4n) is 1.70. The monoisotopic (exact) mass is 228 g/mol. The summed E-state index contributed by atoms with van der Waals surface area (Å²) in [5.41, 5.74) is 0.381. The third-order valence-electron chi connectivity index (χ3n) is 2.57. The van der Waals surface area contributed by atoms with E-state index in [9.17, 15) is 4.79 Å². The van der Waals surface area contributed by atoms with E-state index in [1.165, 1.54) is 10.8 Å². The summed E-state index contributed by atoms with van der Waals surface area (Å²) in [6, 6.07) is 7.18. The van der Waals surface area contributed by atoms with E-state index in [0.29, 0.717) is 11.3 Å². The molecule has 0 N–H and O–H groups in total. The van der Waals surface area contributed by atoms with Gasteiger partial charge in [0.2, 0.25) is 0 Å². The first kappa shape index (κ1) is 11.2. The topological polar surface area (TPSA) is 58.9 Å². The summed E-state index contributed by atoms with van der Waals surface area (Å²) < 4.78 is 6.75. The lowest BCUT2D eigenvalue weighted by Crippen LogP contribution is -2.24. The Morgan fingerprint density at radius 3 is 2.71 bits per heavy atom. The summed E-state index contributed by atoms with van der Waals surface area (Å²) >= 11 is 0. The van der Waals surface area contributed by atoms with Gasteiger partial charge in [0.25, 0.3) is 5.56 Å². The first-order valence-corrected chi connectivity index (χ1v) is 5.34. The molecule has 0 saturated carbocycles. The van der Waals surface area contributed by atoms with Gasteiger partial charge in [-0.1, -0.05) is 0 Å². The number of hydrogen-bond acceptors (Lipinski definition) is 3. The zero-order chi connectivity index (χ0) is 12.4. The maximum absolute atomic E-state index is 12.1. The summed E-state index contributed by atoms with van der Waals surface area (Å²) in [7, 11) is 0. The summed E-state index contributed by atoms with van der Waals surface area (Å²) in [5, 5.41) is 9.10. The lowest BCUT2D eigenvalue weighted by Gasteiger charge is -2.11. The molecule has 0 atom stereocenters. The molecule has 4 nitrogen and oxygen atoms in total. The molecule has 0 aliphatic carbocycles. The van der Waals surface area contributed by atoms with Gasteiger partial charge >= 0.3 is 0 Å². The van der Waals surface area contributed by atoms with Crippen molar-refractivity contribution < 1.29 is 4.42 Å². The highest BCUT2D eigenvalue weighted by atomic mass is 16.3. The van der Waals surface area contributed by atoms with E-state index in [1.54, 1.807) is 24.4 Å². The van der Waals surface area contributed by atoms with Crippen molar-refractivity contribution in [2.24, 2.45) is 0 Å². The van der Waals surface area contributed by atoms with Crippen LogP contribution in [-0.2, 0) is 0 Å². The van der Waals surface area contributed by atoms with Crippen molar-refractivity contribution in [2.75, 3.05) is 0 Å². The number of pyridine rings is 1. The van der Waals surface area contributed by atoms with Crippen molar-refractivity contribution in [1.82, 2.24) is 4.57 Å². The quantitative estimate of drug-likeness (QED) is 0.793. The van der Waals surface area contributed by atoms with Gasteiger partial charge in [-0.25, -0.2) is 0 Å². The first-order chi connectivity index (χ1) is 8.15. The largest absolute Gasteiger partial charge is 0.464 e. The van der Waals surface area contributed by atoms with E-state index < -0.39 is 0 Å². The maximum Gasteiger partial charge on any atom is 0.269 e. The summed E-state index contributed by atoms with van der Waals surface area (Å²) in [6.45, 7) is 3.80. The van der Waals surface area contributed by atoms with Crippen LogP contribution in [0.2, 0.25) is 0 Å². The zero-order valence-electron chi connectivity index (χ0n) is 9.68. The average molecular weight is 228 g/mol. The van der Waals surface area contributed by atoms with E-state index in [1.807, 2.05) is 19.9 Å². The molecular formula is C13H12N2O2. The van der Waals surface area contributed by atoms with Crippen LogP contribution in [0.1, 0.15) is 25.5 Å². The van der Waals surface area contributed by atoms with Crippen LogP contribution in [-0.4, -0.2) is 4.57 Å². The van der Waals surface area contributed by atoms with Gasteiger partial charge in [0.05, 0.1) is 6.26 Å². The van der Waals surface area contributed by atoms with Crippen LogP contribution in [0.25, 0.3) is 11.3 Å². The van der Waals surface area contributed by atoms with Crippen molar-refractivity contribution in [3.05, 3.63) is 46.6 Å². The second-order valence-corrected chi connectivity index (χ2v) is 4.00. The van der Waals surface area contributed by atoms with Crippen molar-refractivity contribution >= 4 is 0 Å². The second-order valence-electron chi connectivity index (χ2n) is 4.00. The van der Waals surface area contributed by atoms with E-state index in [0.717, 1.165) is 0 Å². The van der Waals surface area contributed by atoms with Crippen LogP contribution >= 0.6 is 0 Å². The van der Waals surface area contributed by atoms with E-state index in [-0.39, 0.29) is 17.2 Å². The summed E-state index contributed by atoms with van der Waals surface area (Å²) in [5.74, 6) is 0.537. The Labute approximate surface area is 98.7 Å². The third-order valence-corrected chi connectivity index (χ3v) is 2.57. The molecule has 0 fully saturated rings. The lowest BCUT2D eigenvalue weighted by molar-refractivity contribution is 0.570. The predicted octanol–water partition coefficient (Wildman–Crippen LogP) is 2.56. The zero-order valence-corrected chi connectivity index (χ0v) is 9.68. The molecule has 2 heterocycles. The molecule has 4 heteroatoms. The number of rotatable bonds is 2. The molecule has 0 saturated heterocycles. The van der Waals surface area contributed by atoms with Gasteiger partial charge in [-0.3, -0.25) is 4.79 Å². The first-order valence-electron chi connectivity index (χ1n) is 5.34. The number of nitriles is 1. The predicted molar refractivity (Wildman–Crippen MR) is 63.5 cm³/mol. The van der Waals surface area contributed by atoms with Crippen LogP contribution in [0.5, 0.6) is 0 Å². The number of furan rings is 1. The molecule has 17 heavy (non-hydrogen) atoms. The molecule has 0 aliphatic rings. The molecule has 0 unspecified atom stereocenters. The Morgan fingerprint density at radius 1 is 1.41 bits per heavy atom. The highest BCUT2D eigenvalue weighted by Gasteiger charge is 2.14. The van der Waals surface area contributed by atoms with Gasteiger partial charge in [0, 0.05) is 17.8 Å². The van der Waals surface area contributed by atoms with Crippen LogP contribution in [0.3, 0.4) is 0 Å². The molecule has 2 rings (SSSR count). The number of nitrogens with zero attached hydrogens (tertiary/aromatic N) is 2. The Kier molecular flexibility index (Phi) is 2.84. The highest BCUT2D eigenvalue weighted by molar-refractivity contribution is 5.64. The maximum atomic E-state index is 12.1. The van der Waals surface area contributed by atoms with Gasteiger partial charge in [-0.15, -0.1) is 0 Å². The van der Waals surface area contributed by atoms with Crippen LogP contribution in [0.4, 0.5) is 0 Å². The van der Waals surface area contributed by atoms with Gasteiger partial charge < -0.3 is 8.98 Å². The highest BCUT2D eigenvalue weighted by Crippen LogP contribution is 2.21. The Balaban J connectivity index is 2.70. The van der Waals surface area contributed by atoms with Crippen molar-refractivity contribution in [1.29, 1.82) is 5.26 Å².